The van der Waals surface area contributed by atoms with Crippen LogP contribution < -0.4 is 10.1 Å². The molecule has 0 bridgehead atoms. The Hall–Kier alpha value is -3.43. The van der Waals surface area contributed by atoms with Gasteiger partial charge in [0, 0.05) is 0 Å². The van der Waals surface area contributed by atoms with Crippen LogP contribution in [0.25, 0.3) is 0 Å². The van der Waals surface area contributed by atoms with Crippen molar-refractivity contribution in [2.45, 2.75) is 45.5 Å². The lowest BCUT2D eigenvalue weighted by atomic mass is 9.86. The molecule has 0 atom stereocenters. The molecule has 1 heterocycles. The fourth-order valence-corrected chi connectivity index (χ4v) is 2.94. The Labute approximate surface area is 182 Å². The van der Waals surface area contributed by atoms with E-state index in [0.29, 0.717) is 5.56 Å². The van der Waals surface area contributed by atoms with Gasteiger partial charge in [0.05, 0.1) is 19.2 Å². The normalized spacial score (nSPS) is 12.0. The number of alkyl halides is 3. The van der Waals surface area contributed by atoms with Crippen LogP contribution >= 0.6 is 0 Å². The van der Waals surface area contributed by atoms with Crippen molar-refractivity contribution in [1.82, 2.24) is 15.0 Å². The van der Waals surface area contributed by atoms with Gasteiger partial charge >= 0.3 is 6.36 Å². The van der Waals surface area contributed by atoms with Gasteiger partial charge in [-0.3, -0.25) is 4.79 Å². The first kappa shape index (κ1) is 23.2. The molecule has 3 aromatic rings. The summed E-state index contributed by atoms with van der Waals surface area (Å²) in [7, 11) is 0. The third-order valence-corrected chi connectivity index (χ3v) is 4.53. The largest absolute Gasteiger partial charge is 0.573 e. The highest BCUT2D eigenvalue weighted by Gasteiger charge is 2.32. The number of nitrogens with zero attached hydrogens (tertiary/aromatic N) is 3. The predicted octanol–water partition coefficient (Wildman–Crippen LogP) is 4.84. The summed E-state index contributed by atoms with van der Waals surface area (Å²) >= 11 is 0. The van der Waals surface area contributed by atoms with Crippen molar-refractivity contribution >= 4 is 11.7 Å². The summed E-state index contributed by atoms with van der Waals surface area (Å²) in [4.78, 5) is 13.5. The van der Waals surface area contributed by atoms with Gasteiger partial charge < -0.3 is 10.1 Å². The Morgan fingerprint density at radius 2 is 1.72 bits per heavy atom. The standard InChI is InChI=1S/C22H22F4N4O2/c1-21(2,3)16-7-4-14(5-8-16)11-20(31)28-19-12-27-30(29-19)13-15-6-9-18(17(23)10-15)32-22(24,25)26/h4-10,12H,11,13H2,1-3H3,(H,28,29,31). The van der Waals surface area contributed by atoms with E-state index < -0.39 is 17.9 Å². The second-order valence-corrected chi connectivity index (χ2v) is 8.24. The number of halogens is 4. The van der Waals surface area contributed by atoms with Gasteiger partial charge in [-0.25, -0.2) is 4.39 Å². The van der Waals surface area contributed by atoms with Crippen LogP contribution in [-0.4, -0.2) is 27.3 Å². The first-order chi connectivity index (χ1) is 14.9. The number of hydrogen-bond donors (Lipinski definition) is 1. The number of carbonyl (C=O) groups excluding carboxylic acids is 1. The molecule has 0 aliphatic heterocycles. The second-order valence-electron chi connectivity index (χ2n) is 8.24. The quantitative estimate of drug-likeness (QED) is 0.546. The van der Waals surface area contributed by atoms with E-state index in [1.165, 1.54) is 22.6 Å². The molecule has 1 N–H and O–H groups in total. The molecule has 0 spiro atoms. The van der Waals surface area contributed by atoms with E-state index in [1.54, 1.807) is 0 Å². The smallest absolute Gasteiger partial charge is 0.403 e. The topological polar surface area (TPSA) is 69.0 Å². The zero-order chi connectivity index (χ0) is 23.5. The first-order valence-electron chi connectivity index (χ1n) is 9.73. The van der Waals surface area contributed by atoms with Crippen LogP contribution in [0.5, 0.6) is 5.75 Å². The fourth-order valence-electron chi connectivity index (χ4n) is 2.94. The number of hydrogen-bond acceptors (Lipinski definition) is 4. The maximum atomic E-state index is 13.8. The molecule has 32 heavy (non-hydrogen) atoms. The molecule has 2 aromatic carbocycles. The highest BCUT2D eigenvalue weighted by atomic mass is 19.4. The maximum absolute atomic E-state index is 13.8. The minimum atomic E-state index is -4.98. The zero-order valence-electron chi connectivity index (χ0n) is 17.7. The summed E-state index contributed by atoms with van der Waals surface area (Å²) in [6.07, 6.45) is -3.49. The summed E-state index contributed by atoms with van der Waals surface area (Å²) in [5.41, 5.74) is 2.36. The van der Waals surface area contributed by atoms with E-state index in [0.717, 1.165) is 17.7 Å². The summed E-state index contributed by atoms with van der Waals surface area (Å²) in [6, 6.07) is 10.8. The molecule has 10 heteroatoms. The number of ether oxygens (including phenoxy) is 1. The Bertz CT molecular complexity index is 1090. The minimum Gasteiger partial charge on any atom is -0.403 e. The number of aromatic nitrogens is 3. The Morgan fingerprint density at radius 3 is 2.31 bits per heavy atom. The van der Waals surface area contributed by atoms with Crippen molar-refractivity contribution in [3.63, 3.8) is 0 Å². The van der Waals surface area contributed by atoms with Gasteiger partial charge in [0.25, 0.3) is 0 Å². The summed E-state index contributed by atoms with van der Waals surface area (Å²) in [5.74, 6) is -2.14. The molecule has 3 rings (SSSR count). The van der Waals surface area contributed by atoms with E-state index in [-0.39, 0.29) is 30.1 Å². The molecule has 170 valence electrons. The van der Waals surface area contributed by atoms with Gasteiger partial charge in [-0.05, 0) is 34.2 Å². The molecule has 1 aromatic heterocycles. The number of carbonyl (C=O) groups is 1. The van der Waals surface area contributed by atoms with Crippen LogP contribution in [0.4, 0.5) is 23.4 Å². The van der Waals surface area contributed by atoms with Gasteiger partial charge in [0.2, 0.25) is 5.91 Å². The van der Waals surface area contributed by atoms with E-state index >= 15 is 0 Å². The molecule has 0 radical (unpaired) electrons. The minimum absolute atomic E-state index is 0.00659. The molecule has 0 aliphatic carbocycles. The predicted molar refractivity (Wildman–Crippen MR) is 110 cm³/mol. The van der Waals surface area contributed by atoms with Crippen molar-refractivity contribution in [2.75, 3.05) is 5.32 Å². The van der Waals surface area contributed by atoms with Crippen molar-refractivity contribution < 1.29 is 27.1 Å². The first-order valence-corrected chi connectivity index (χ1v) is 9.73. The van der Waals surface area contributed by atoms with Crippen LogP contribution in [-0.2, 0) is 23.2 Å². The molecule has 0 unspecified atom stereocenters. The number of rotatable bonds is 6. The summed E-state index contributed by atoms with van der Waals surface area (Å²) in [6.45, 7) is 6.32. The van der Waals surface area contributed by atoms with E-state index in [4.69, 9.17) is 0 Å². The molecule has 1 amide bonds. The van der Waals surface area contributed by atoms with Crippen molar-refractivity contribution in [1.29, 1.82) is 0 Å². The Morgan fingerprint density at radius 1 is 1.06 bits per heavy atom. The van der Waals surface area contributed by atoms with E-state index in [9.17, 15) is 22.4 Å². The highest BCUT2D eigenvalue weighted by Crippen LogP contribution is 2.26. The van der Waals surface area contributed by atoms with Crippen LogP contribution in [0.3, 0.4) is 0 Å². The molecule has 6 nitrogen and oxygen atoms in total. The number of benzene rings is 2. The average molecular weight is 450 g/mol. The zero-order valence-corrected chi connectivity index (χ0v) is 17.7. The maximum Gasteiger partial charge on any atom is 0.573 e. The Kier molecular flexibility index (Phi) is 6.52. The molecule has 0 fully saturated rings. The van der Waals surface area contributed by atoms with Gasteiger partial charge in [0.1, 0.15) is 0 Å². The van der Waals surface area contributed by atoms with Gasteiger partial charge in [-0.1, -0.05) is 51.1 Å². The van der Waals surface area contributed by atoms with Crippen molar-refractivity contribution in [2.24, 2.45) is 0 Å². The van der Waals surface area contributed by atoms with Crippen molar-refractivity contribution in [3.8, 4) is 5.75 Å². The molecular formula is C22H22F4N4O2. The fraction of sp³-hybridized carbons (Fsp3) is 0.318. The van der Waals surface area contributed by atoms with E-state index in [1.807, 2.05) is 24.3 Å². The Balaban J connectivity index is 1.57. The van der Waals surface area contributed by atoms with Gasteiger partial charge in [0.15, 0.2) is 17.4 Å². The molecular weight excluding hydrogens is 428 g/mol. The third kappa shape index (κ3) is 6.53. The molecule has 0 saturated carbocycles. The SMILES string of the molecule is CC(C)(C)c1ccc(CC(=O)Nc2cnn(Cc3ccc(OC(F)(F)F)c(F)c3)n2)cc1. The monoisotopic (exact) mass is 450 g/mol. The summed E-state index contributed by atoms with van der Waals surface area (Å²) in [5, 5.41) is 10.7. The second kappa shape index (κ2) is 8.97. The average Bonchev–Trinajstić information content (AvgIpc) is 3.09. The van der Waals surface area contributed by atoms with Crippen LogP contribution in [0.2, 0.25) is 0 Å². The van der Waals surface area contributed by atoms with Crippen molar-refractivity contribution in [3.05, 3.63) is 71.2 Å². The highest BCUT2D eigenvalue weighted by molar-refractivity contribution is 5.91. The van der Waals surface area contributed by atoms with E-state index in [2.05, 4.69) is 41.0 Å². The van der Waals surface area contributed by atoms with Crippen LogP contribution in [0, 0.1) is 5.82 Å². The third-order valence-electron chi connectivity index (χ3n) is 4.53. The van der Waals surface area contributed by atoms with Gasteiger partial charge in [-0.15, -0.1) is 18.3 Å². The van der Waals surface area contributed by atoms with Gasteiger partial charge in [-0.2, -0.15) is 9.90 Å². The molecule has 0 aliphatic rings. The number of anilines is 1. The summed E-state index contributed by atoms with van der Waals surface area (Å²) < 4.78 is 54.1. The number of amides is 1. The lowest BCUT2D eigenvalue weighted by Crippen LogP contribution is -2.18. The number of nitrogens with one attached hydrogen (secondary N) is 1. The lowest BCUT2D eigenvalue weighted by Gasteiger charge is -2.19. The van der Waals surface area contributed by atoms with Crippen LogP contribution in [0.15, 0.2) is 48.7 Å². The lowest BCUT2D eigenvalue weighted by molar-refractivity contribution is -0.275. The van der Waals surface area contributed by atoms with Crippen LogP contribution in [0.1, 0.15) is 37.5 Å². The molecule has 0 saturated heterocycles.